The number of nitrogens with one attached hydrogen (secondary N) is 1. The molecule has 1 aromatic rings. The van der Waals surface area contributed by atoms with E-state index in [4.69, 9.17) is 4.74 Å². The van der Waals surface area contributed by atoms with Gasteiger partial charge >= 0.3 is 0 Å². The first-order valence-corrected chi connectivity index (χ1v) is 8.22. The lowest BCUT2D eigenvalue weighted by molar-refractivity contribution is -0.122. The summed E-state index contributed by atoms with van der Waals surface area (Å²) in [6.45, 7) is 7.22. The third-order valence-electron chi connectivity index (χ3n) is 4.01. The summed E-state index contributed by atoms with van der Waals surface area (Å²) in [7, 11) is 1.99. The number of hydrogen-bond acceptors (Lipinski definition) is 4. The molecule has 0 amide bonds. The van der Waals surface area contributed by atoms with Crippen molar-refractivity contribution in [3.05, 3.63) is 29.8 Å². The maximum atomic E-state index is 11.8. The normalized spacial score (nSPS) is 16.2. The molecule has 1 heterocycles. The molecular formula is C18H28N2O2. The summed E-state index contributed by atoms with van der Waals surface area (Å²) >= 11 is 0. The van der Waals surface area contributed by atoms with Crippen molar-refractivity contribution < 1.29 is 9.53 Å². The summed E-state index contributed by atoms with van der Waals surface area (Å²) in [5.74, 6) is 1.31. The van der Waals surface area contributed by atoms with E-state index >= 15 is 0 Å². The molecule has 1 aliphatic heterocycles. The number of rotatable bonds is 7. The fourth-order valence-electron chi connectivity index (χ4n) is 2.64. The Balaban J connectivity index is 1.88. The van der Waals surface area contributed by atoms with E-state index in [2.05, 4.69) is 22.3 Å². The minimum atomic E-state index is 0.0945. The molecule has 1 aliphatic rings. The van der Waals surface area contributed by atoms with Gasteiger partial charge in [0.25, 0.3) is 0 Å². The molecule has 0 radical (unpaired) electrons. The van der Waals surface area contributed by atoms with Crippen molar-refractivity contribution in [2.24, 2.45) is 5.92 Å². The summed E-state index contributed by atoms with van der Waals surface area (Å²) in [4.78, 5) is 13.9. The number of carbonyl (C=O) groups excluding carboxylic acids is 1. The van der Waals surface area contributed by atoms with E-state index in [0.717, 1.165) is 38.2 Å². The van der Waals surface area contributed by atoms with Crippen LogP contribution in [0.1, 0.15) is 32.3 Å². The SMILES string of the molecule is CC(C)C(=O)CN(C)Cc1cccc(OC2CCNCC2)c1. The van der Waals surface area contributed by atoms with Crippen molar-refractivity contribution in [2.75, 3.05) is 26.7 Å². The highest BCUT2D eigenvalue weighted by atomic mass is 16.5. The van der Waals surface area contributed by atoms with E-state index in [-0.39, 0.29) is 11.7 Å². The molecular weight excluding hydrogens is 276 g/mol. The van der Waals surface area contributed by atoms with Crippen LogP contribution in [-0.4, -0.2) is 43.5 Å². The lowest BCUT2D eigenvalue weighted by Gasteiger charge is -2.24. The van der Waals surface area contributed by atoms with Crippen LogP contribution in [0.5, 0.6) is 5.75 Å². The van der Waals surface area contributed by atoms with Gasteiger partial charge in [-0.05, 0) is 50.7 Å². The molecule has 0 atom stereocenters. The zero-order valence-corrected chi connectivity index (χ0v) is 14.0. The number of ketones is 1. The Morgan fingerprint density at radius 3 is 2.77 bits per heavy atom. The number of Topliss-reactive ketones (excluding diaryl/α,β-unsaturated/α-hetero) is 1. The third-order valence-corrected chi connectivity index (χ3v) is 4.01. The molecule has 0 aliphatic carbocycles. The maximum absolute atomic E-state index is 11.8. The molecule has 1 saturated heterocycles. The Morgan fingerprint density at radius 2 is 2.09 bits per heavy atom. The number of ether oxygens (including phenoxy) is 1. The van der Waals surface area contributed by atoms with Crippen molar-refractivity contribution >= 4 is 5.78 Å². The second-order valence-electron chi connectivity index (χ2n) is 6.51. The molecule has 0 saturated carbocycles. The van der Waals surface area contributed by atoms with Crippen molar-refractivity contribution in [2.45, 2.75) is 39.3 Å². The van der Waals surface area contributed by atoms with Crippen LogP contribution in [0.25, 0.3) is 0 Å². The minimum Gasteiger partial charge on any atom is -0.490 e. The maximum Gasteiger partial charge on any atom is 0.149 e. The summed E-state index contributed by atoms with van der Waals surface area (Å²) in [6, 6.07) is 8.23. The summed E-state index contributed by atoms with van der Waals surface area (Å²) in [5.41, 5.74) is 1.19. The van der Waals surface area contributed by atoms with Gasteiger partial charge in [-0.1, -0.05) is 26.0 Å². The molecule has 0 aromatic heterocycles. The van der Waals surface area contributed by atoms with E-state index in [1.807, 2.05) is 33.0 Å². The molecule has 22 heavy (non-hydrogen) atoms. The lowest BCUT2D eigenvalue weighted by Crippen LogP contribution is -2.34. The number of hydrogen-bond donors (Lipinski definition) is 1. The zero-order valence-electron chi connectivity index (χ0n) is 14.0. The fraction of sp³-hybridized carbons (Fsp3) is 0.611. The topological polar surface area (TPSA) is 41.6 Å². The standard InChI is InChI=1S/C18H28N2O2/c1-14(2)18(21)13-20(3)12-15-5-4-6-17(11-15)22-16-7-9-19-10-8-16/h4-6,11,14,16,19H,7-10,12-13H2,1-3H3. The van der Waals surface area contributed by atoms with Gasteiger partial charge in [0.05, 0.1) is 6.54 Å². The lowest BCUT2D eigenvalue weighted by atomic mass is 10.1. The van der Waals surface area contributed by atoms with Gasteiger partial charge in [-0.15, -0.1) is 0 Å². The van der Waals surface area contributed by atoms with Gasteiger partial charge in [-0.25, -0.2) is 0 Å². The van der Waals surface area contributed by atoms with Crippen LogP contribution in [0.2, 0.25) is 0 Å². The number of benzene rings is 1. The van der Waals surface area contributed by atoms with Crippen molar-refractivity contribution in [3.63, 3.8) is 0 Å². The highest BCUT2D eigenvalue weighted by molar-refractivity contribution is 5.82. The Labute approximate surface area is 133 Å². The van der Waals surface area contributed by atoms with E-state index in [1.54, 1.807) is 0 Å². The summed E-state index contributed by atoms with van der Waals surface area (Å²) < 4.78 is 6.07. The smallest absolute Gasteiger partial charge is 0.149 e. The van der Waals surface area contributed by atoms with Crippen molar-refractivity contribution in [1.82, 2.24) is 10.2 Å². The zero-order chi connectivity index (χ0) is 15.9. The van der Waals surface area contributed by atoms with E-state index in [0.29, 0.717) is 12.6 Å². The Morgan fingerprint density at radius 1 is 1.36 bits per heavy atom. The third kappa shape index (κ3) is 5.43. The predicted molar refractivity (Wildman–Crippen MR) is 89.1 cm³/mol. The van der Waals surface area contributed by atoms with Gasteiger partial charge in [0.1, 0.15) is 17.6 Å². The number of likely N-dealkylation sites (N-methyl/N-ethyl adjacent to an activating group) is 1. The molecule has 0 bridgehead atoms. The van der Waals surface area contributed by atoms with Crippen LogP contribution in [0, 0.1) is 5.92 Å². The second-order valence-corrected chi connectivity index (χ2v) is 6.51. The van der Waals surface area contributed by atoms with E-state index in [1.165, 1.54) is 5.56 Å². The quantitative estimate of drug-likeness (QED) is 0.840. The Bertz CT molecular complexity index is 482. The number of carbonyl (C=O) groups is 1. The molecule has 2 rings (SSSR count). The summed E-state index contributed by atoms with van der Waals surface area (Å²) in [6.07, 6.45) is 2.44. The van der Waals surface area contributed by atoms with Crippen LogP contribution in [0.3, 0.4) is 0 Å². The van der Waals surface area contributed by atoms with Gasteiger partial charge < -0.3 is 10.1 Å². The van der Waals surface area contributed by atoms with Gasteiger partial charge in [0, 0.05) is 12.5 Å². The number of nitrogens with zero attached hydrogens (tertiary/aromatic N) is 1. The van der Waals surface area contributed by atoms with Crippen LogP contribution in [-0.2, 0) is 11.3 Å². The van der Waals surface area contributed by atoms with Crippen LogP contribution in [0.15, 0.2) is 24.3 Å². The van der Waals surface area contributed by atoms with Crippen LogP contribution in [0.4, 0.5) is 0 Å². The highest BCUT2D eigenvalue weighted by Gasteiger charge is 2.15. The second kappa shape index (κ2) is 8.30. The van der Waals surface area contributed by atoms with Crippen molar-refractivity contribution in [1.29, 1.82) is 0 Å². The molecule has 1 aromatic carbocycles. The van der Waals surface area contributed by atoms with E-state index in [9.17, 15) is 4.79 Å². The molecule has 4 heteroatoms. The first kappa shape index (κ1) is 17.0. The first-order valence-electron chi connectivity index (χ1n) is 8.22. The minimum absolute atomic E-state index is 0.0945. The predicted octanol–water partition coefficient (Wildman–Crippen LogP) is 2.47. The summed E-state index contributed by atoms with van der Waals surface area (Å²) in [5, 5.41) is 3.35. The van der Waals surface area contributed by atoms with Gasteiger partial charge in [-0.2, -0.15) is 0 Å². The van der Waals surface area contributed by atoms with Gasteiger partial charge in [0.15, 0.2) is 0 Å². The Kier molecular flexibility index (Phi) is 6.40. The molecule has 0 unspecified atom stereocenters. The average Bonchev–Trinajstić information content (AvgIpc) is 2.48. The highest BCUT2D eigenvalue weighted by Crippen LogP contribution is 2.19. The molecule has 0 spiro atoms. The monoisotopic (exact) mass is 304 g/mol. The molecule has 122 valence electrons. The fourth-order valence-corrected chi connectivity index (χ4v) is 2.64. The largest absolute Gasteiger partial charge is 0.490 e. The average molecular weight is 304 g/mol. The first-order chi connectivity index (χ1) is 10.5. The van der Waals surface area contributed by atoms with Gasteiger partial charge in [0.2, 0.25) is 0 Å². The molecule has 4 nitrogen and oxygen atoms in total. The number of piperidine rings is 1. The Hall–Kier alpha value is -1.39. The molecule has 1 N–H and O–H groups in total. The van der Waals surface area contributed by atoms with Crippen molar-refractivity contribution in [3.8, 4) is 5.75 Å². The van der Waals surface area contributed by atoms with Gasteiger partial charge in [-0.3, -0.25) is 9.69 Å². The molecule has 1 fully saturated rings. The van der Waals surface area contributed by atoms with Crippen LogP contribution >= 0.6 is 0 Å². The van der Waals surface area contributed by atoms with Crippen LogP contribution < -0.4 is 10.1 Å². The van der Waals surface area contributed by atoms with E-state index < -0.39 is 0 Å².